The molecule has 4 heteroatoms. The number of hydrogen-bond acceptors (Lipinski definition) is 3. The van der Waals surface area contributed by atoms with E-state index in [1.54, 1.807) is 0 Å². The number of nitrogens with zero attached hydrogens (tertiary/aromatic N) is 1. The Hall–Kier alpha value is -1.55. The highest BCUT2D eigenvalue weighted by atomic mass is 16.5. The van der Waals surface area contributed by atoms with Crippen LogP contribution in [0.15, 0.2) is 24.3 Å². The van der Waals surface area contributed by atoms with Crippen LogP contribution in [0.3, 0.4) is 0 Å². The van der Waals surface area contributed by atoms with E-state index in [4.69, 9.17) is 15.9 Å². The largest absolute Gasteiger partial charge is 0.492 e. The number of amidine groups is 1. The summed E-state index contributed by atoms with van der Waals surface area (Å²) >= 11 is 0. The maximum Gasteiger partial charge on any atom is 0.122 e. The SMILES string of the molecule is N=C(N)c1ccc(OCCN(CC2CC2)C2CC2)cc1. The van der Waals surface area contributed by atoms with Crippen molar-refractivity contribution in [2.24, 2.45) is 11.7 Å². The fourth-order valence-electron chi connectivity index (χ4n) is 2.51. The number of nitrogens with two attached hydrogens (primary N) is 1. The molecule has 0 aliphatic heterocycles. The molecule has 3 rings (SSSR count). The van der Waals surface area contributed by atoms with Crippen LogP contribution < -0.4 is 10.5 Å². The number of benzene rings is 1. The summed E-state index contributed by atoms with van der Waals surface area (Å²) in [7, 11) is 0. The summed E-state index contributed by atoms with van der Waals surface area (Å²) in [6.07, 6.45) is 5.55. The van der Waals surface area contributed by atoms with Gasteiger partial charge in [-0.15, -0.1) is 0 Å². The first-order chi connectivity index (χ1) is 9.72. The molecular formula is C16H23N3O. The van der Waals surface area contributed by atoms with Crippen LogP contribution in [0.1, 0.15) is 31.2 Å². The van der Waals surface area contributed by atoms with E-state index in [1.165, 1.54) is 32.2 Å². The lowest BCUT2D eigenvalue weighted by Crippen LogP contribution is -2.32. The second-order valence-corrected chi connectivity index (χ2v) is 5.96. The molecule has 20 heavy (non-hydrogen) atoms. The van der Waals surface area contributed by atoms with Gasteiger partial charge in [0.25, 0.3) is 0 Å². The minimum absolute atomic E-state index is 0.0980. The van der Waals surface area contributed by atoms with Gasteiger partial charge >= 0.3 is 0 Å². The van der Waals surface area contributed by atoms with Gasteiger partial charge in [-0.2, -0.15) is 0 Å². The van der Waals surface area contributed by atoms with Crippen molar-refractivity contribution in [2.45, 2.75) is 31.7 Å². The molecule has 0 radical (unpaired) electrons. The predicted molar refractivity (Wildman–Crippen MR) is 80.3 cm³/mol. The summed E-state index contributed by atoms with van der Waals surface area (Å²) in [5, 5.41) is 7.36. The van der Waals surface area contributed by atoms with Crippen LogP contribution in [0, 0.1) is 11.3 Å². The van der Waals surface area contributed by atoms with Crippen LogP contribution in [0.5, 0.6) is 5.75 Å². The zero-order chi connectivity index (χ0) is 13.9. The fourth-order valence-corrected chi connectivity index (χ4v) is 2.51. The van der Waals surface area contributed by atoms with Crippen molar-refractivity contribution in [3.05, 3.63) is 29.8 Å². The summed E-state index contributed by atoms with van der Waals surface area (Å²) in [5.41, 5.74) is 6.17. The average molecular weight is 273 g/mol. The van der Waals surface area contributed by atoms with Gasteiger partial charge in [-0.3, -0.25) is 10.3 Å². The summed E-state index contributed by atoms with van der Waals surface area (Å²) in [5.74, 6) is 1.91. The Balaban J connectivity index is 1.44. The monoisotopic (exact) mass is 273 g/mol. The Morgan fingerprint density at radius 2 is 1.90 bits per heavy atom. The molecule has 4 nitrogen and oxygen atoms in total. The zero-order valence-corrected chi connectivity index (χ0v) is 11.8. The molecule has 0 aromatic heterocycles. The number of ether oxygens (including phenoxy) is 1. The van der Waals surface area contributed by atoms with E-state index in [0.29, 0.717) is 0 Å². The van der Waals surface area contributed by atoms with Gasteiger partial charge in [0, 0.05) is 24.7 Å². The maximum atomic E-state index is 7.36. The summed E-state index contributed by atoms with van der Waals surface area (Å²) in [4.78, 5) is 2.60. The normalized spacial score (nSPS) is 18.2. The molecule has 0 amide bonds. The Kier molecular flexibility index (Phi) is 3.92. The van der Waals surface area contributed by atoms with Crippen LogP contribution in [-0.4, -0.2) is 36.5 Å². The Morgan fingerprint density at radius 1 is 1.20 bits per heavy atom. The van der Waals surface area contributed by atoms with Crippen LogP contribution in [0.25, 0.3) is 0 Å². The predicted octanol–water partition coefficient (Wildman–Crippen LogP) is 2.22. The molecule has 2 fully saturated rings. The lowest BCUT2D eigenvalue weighted by molar-refractivity contribution is 0.195. The van der Waals surface area contributed by atoms with Crippen molar-refractivity contribution >= 4 is 5.84 Å². The fraction of sp³-hybridized carbons (Fsp3) is 0.562. The van der Waals surface area contributed by atoms with Crippen LogP contribution in [0.4, 0.5) is 0 Å². The van der Waals surface area contributed by atoms with Gasteiger partial charge in [-0.05, 0) is 55.9 Å². The van der Waals surface area contributed by atoms with Crippen molar-refractivity contribution in [1.82, 2.24) is 4.90 Å². The molecule has 3 N–H and O–H groups in total. The minimum Gasteiger partial charge on any atom is -0.492 e. The van der Waals surface area contributed by atoms with E-state index in [-0.39, 0.29) is 5.84 Å². The molecule has 2 aliphatic rings. The standard InChI is InChI=1S/C16H23N3O/c17-16(18)13-3-7-15(8-4-13)20-10-9-19(14-5-6-14)11-12-1-2-12/h3-4,7-8,12,14H,1-2,5-6,9-11H2,(H3,17,18). The van der Waals surface area contributed by atoms with E-state index in [1.807, 2.05) is 24.3 Å². The zero-order valence-electron chi connectivity index (χ0n) is 11.8. The molecule has 0 spiro atoms. The molecule has 1 aromatic carbocycles. The van der Waals surface area contributed by atoms with Crippen LogP contribution in [-0.2, 0) is 0 Å². The third-order valence-corrected chi connectivity index (χ3v) is 4.07. The molecule has 2 aliphatic carbocycles. The average Bonchev–Trinajstić information content (AvgIpc) is 3.31. The van der Waals surface area contributed by atoms with E-state index in [9.17, 15) is 0 Å². The Morgan fingerprint density at radius 3 is 2.45 bits per heavy atom. The van der Waals surface area contributed by atoms with Crippen molar-refractivity contribution in [3.63, 3.8) is 0 Å². The van der Waals surface area contributed by atoms with Crippen LogP contribution >= 0.6 is 0 Å². The third-order valence-electron chi connectivity index (χ3n) is 4.07. The van der Waals surface area contributed by atoms with Crippen molar-refractivity contribution in [3.8, 4) is 5.75 Å². The molecule has 1 aromatic rings. The summed E-state index contributed by atoms with van der Waals surface area (Å²) in [6, 6.07) is 8.26. The topological polar surface area (TPSA) is 62.3 Å². The smallest absolute Gasteiger partial charge is 0.122 e. The molecule has 0 atom stereocenters. The number of rotatable bonds is 8. The summed E-state index contributed by atoms with van der Waals surface area (Å²) < 4.78 is 5.80. The van der Waals surface area contributed by atoms with Gasteiger partial charge < -0.3 is 10.5 Å². The van der Waals surface area contributed by atoms with Crippen molar-refractivity contribution < 1.29 is 4.74 Å². The highest BCUT2D eigenvalue weighted by Crippen LogP contribution is 2.34. The second-order valence-electron chi connectivity index (χ2n) is 5.96. The number of nitrogens with one attached hydrogen (secondary N) is 1. The molecule has 108 valence electrons. The molecule has 0 heterocycles. The first-order valence-corrected chi connectivity index (χ1v) is 7.53. The highest BCUT2D eigenvalue weighted by molar-refractivity contribution is 5.94. The highest BCUT2D eigenvalue weighted by Gasteiger charge is 2.33. The maximum absolute atomic E-state index is 7.36. The molecular weight excluding hydrogens is 250 g/mol. The van der Waals surface area contributed by atoms with Crippen LogP contribution in [0.2, 0.25) is 0 Å². The van der Waals surface area contributed by atoms with Gasteiger partial charge in [0.2, 0.25) is 0 Å². The van der Waals surface area contributed by atoms with E-state index >= 15 is 0 Å². The van der Waals surface area contributed by atoms with E-state index < -0.39 is 0 Å². The van der Waals surface area contributed by atoms with Crippen molar-refractivity contribution in [1.29, 1.82) is 5.41 Å². The first kappa shape index (κ1) is 13.4. The van der Waals surface area contributed by atoms with E-state index in [0.717, 1.165) is 36.4 Å². The van der Waals surface area contributed by atoms with Gasteiger partial charge in [0.1, 0.15) is 18.2 Å². The summed E-state index contributed by atoms with van der Waals surface area (Å²) in [6.45, 7) is 3.02. The molecule has 0 saturated heterocycles. The second kappa shape index (κ2) is 5.83. The van der Waals surface area contributed by atoms with Gasteiger partial charge in [0.05, 0.1) is 0 Å². The molecule has 0 bridgehead atoms. The third kappa shape index (κ3) is 3.73. The van der Waals surface area contributed by atoms with Gasteiger partial charge in [0.15, 0.2) is 0 Å². The minimum atomic E-state index is 0.0980. The molecule has 0 unspecified atom stereocenters. The Bertz CT molecular complexity index is 463. The number of hydrogen-bond donors (Lipinski definition) is 2. The molecule has 2 saturated carbocycles. The quantitative estimate of drug-likeness (QED) is 0.564. The number of nitrogen functional groups attached to an aromatic ring is 1. The van der Waals surface area contributed by atoms with Crippen molar-refractivity contribution in [2.75, 3.05) is 19.7 Å². The van der Waals surface area contributed by atoms with Gasteiger partial charge in [-0.25, -0.2) is 0 Å². The first-order valence-electron chi connectivity index (χ1n) is 7.53. The van der Waals surface area contributed by atoms with Gasteiger partial charge in [-0.1, -0.05) is 0 Å². The lowest BCUT2D eigenvalue weighted by Gasteiger charge is -2.21. The Labute approximate surface area is 120 Å². The lowest BCUT2D eigenvalue weighted by atomic mass is 10.2. The van der Waals surface area contributed by atoms with E-state index in [2.05, 4.69) is 4.90 Å².